The van der Waals surface area contributed by atoms with E-state index < -0.39 is 0 Å². The van der Waals surface area contributed by atoms with Crippen molar-refractivity contribution in [2.45, 2.75) is 25.7 Å². The molecule has 0 amide bonds. The number of fused-ring (bicyclic) bond motifs is 1. The van der Waals surface area contributed by atoms with E-state index in [1.807, 2.05) is 0 Å². The molecule has 0 bridgehead atoms. The highest BCUT2D eigenvalue weighted by Crippen LogP contribution is 2.44. The molecule has 10 heteroatoms. The van der Waals surface area contributed by atoms with Gasteiger partial charge in [-0.25, -0.2) is 10.0 Å². The molecule has 3 aromatic rings. The van der Waals surface area contributed by atoms with Crippen molar-refractivity contribution < 1.29 is 32.8 Å². The minimum absolute atomic E-state index is 0.0841. The van der Waals surface area contributed by atoms with Gasteiger partial charge in [0.05, 0.1) is 42.2 Å². The molecule has 4 rings (SSSR count). The van der Waals surface area contributed by atoms with Gasteiger partial charge >= 0.3 is 0 Å². The van der Waals surface area contributed by atoms with E-state index in [1.54, 1.807) is 24.3 Å². The molecule has 1 aliphatic heterocycles. The molecule has 0 saturated carbocycles. The summed E-state index contributed by atoms with van der Waals surface area (Å²) in [5.74, 6) is 2.43. The van der Waals surface area contributed by atoms with Gasteiger partial charge in [0.2, 0.25) is 16.9 Å². The number of nitrogens with zero attached hydrogens (tertiary/aromatic N) is 2. The second-order valence-electron chi connectivity index (χ2n) is 9.30. The van der Waals surface area contributed by atoms with Crippen LogP contribution in [0.3, 0.4) is 0 Å². The first-order valence-corrected chi connectivity index (χ1v) is 13.1. The number of hydrazine groups is 1. The van der Waals surface area contributed by atoms with Crippen LogP contribution in [0.2, 0.25) is 0 Å². The molecule has 0 radical (unpaired) electrons. The Labute approximate surface area is 228 Å². The summed E-state index contributed by atoms with van der Waals surface area (Å²) in [6, 6.07) is 6.74. The smallest absolute Gasteiger partial charge is 0.239 e. The van der Waals surface area contributed by atoms with Crippen molar-refractivity contribution in [1.82, 2.24) is 10.0 Å². The van der Waals surface area contributed by atoms with Gasteiger partial charge in [-0.1, -0.05) is 6.42 Å². The molecule has 1 saturated heterocycles. The fraction of sp³-hybridized carbons (Fsp3) is 0.483. The molecule has 212 valence electrons. The van der Waals surface area contributed by atoms with E-state index in [0.717, 1.165) is 26.1 Å². The van der Waals surface area contributed by atoms with E-state index in [2.05, 4.69) is 17.1 Å². The highest BCUT2D eigenvalue weighted by molar-refractivity contribution is 5.89. The third-order valence-corrected chi connectivity index (χ3v) is 6.96. The highest BCUT2D eigenvalue weighted by atomic mass is 16.5. The lowest BCUT2D eigenvalue weighted by Gasteiger charge is -2.34. The number of rotatable bonds is 12. The molecule has 0 unspecified atom stereocenters. The number of benzene rings is 2. The van der Waals surface area contributed by atoms with E-state index in [0.29, 0.717) is 46.5 Å². The first-order valence-electron chi connectivity index (χ1n) is 13.1. The summed E-state index contributed by atoms with van der Waals surface area (Å²) in [7, 11) is 9.72. The van der Waals surface area contributed by atoms with E-state index in [9.17, 15) is 4.79 Å². The molecule has 0 aliphatic carbocycles. The Hall–Kier alpha value is -3.63. The Bertz CT molecular complexity index is 1310. The molecule has 0 spiro atoms. The molecule has 0 N–H and O–H groups in total. The summed E-state index contributed by atoms with van der Waals surface area (Å²) < 4.78 is 40.0. The lowest BCUT2D eigenvalue weighted by Crippen LogP contribution is -2.43. The monoisotopic (exact) mass is 542 g/mol. The van der Waals surface area contributed by atoms with Gasteiger partial charge in [0.25, 0.3) is 0 Å². The minimum atomic E-state index is -0.344. The standard InChI is InChI=1S/C29H38N2O8/c1-30(31-12-8-7-9-13-31)11-10-14-38-29-26(32)25-21(34-3)17-20(33-2)18-22(25)39-27(29)19-15-23(35-4)28(37-6)24(16-19)36-5/h15-18H,7-14H2,1-6H3. The first kappa shape index (κ1) is 28.4. The minimum Gasteiger partial charge on any atom is -0.496 e. The van der Waals surface area contributed by atoms with Crippen LogP contribution in [0.15, 0.2) is 33.5 Å². The van der Waals surface area contributed by atoms with Crippen LogP contribution in [0.1, 0.15) is 25.7 Å². The second kappa shape index (κ2) is 12.9. The van der Waals surface area contributed by atoms with Crippen molar-refractivity contribution in [3.63, 3.8) is 0 Å². The summed E-state index contributed by atoms with van der Waals surface area (Å²) in [6.07, 6.45) is 4.43. The van der Waals surface area contributed by atoms with Crippen molar-refractivity contribution in [2.75, 3.05) is 68.8 Å². The van der Waals surface area contributed by atoms with Crippen molar-refractivity contribution in [2.24, 2.45) is 0 Å². The van der Waals surface area contributed by atoms with Gasteiger partial charge < -0.3 is 32.8 Å². The SMILES string of the molecule is COc1cc(OC)c2c(=O)c(OCCCN(C)N3CCCCC3)c(-c3cc(OC)c(OC)c(OC)c3)oc2c1. The summed E-state index contributed by atoms with van der Waals surface area (Å²) in [4.78, 5) is 13.9. The zero-order valence-electron chi connectivity index (χ0n) is 23.6. The van der Waals surface area contributed by atoms with Crippen LogP contribution in [0.25, 0.3) is 22.3 Å². The van der Waals surface area contributed by atoms with Crippen molar-refractivity contribution in [3.8, 4) is 45.8 Å². The maximum atomic E-state index is 13.9. The summed E-state index contributed by atoms with van der Waals surface area (Å²) >= 11 is 0. The molecular weight excluding hydrogens is 504 g/mol. The van der Waals surface area contributed by atoms with E-state index in [1.165, 1.54) is 54.8 Å². The molecule has 2 heterocycles. The Morgan fingerprint density at radius 3 is 2.08 bits per heavy atom. The van der Waals surface area contributed by atoms with Gasteiger partial charge in [0, 0.05) is 44.4 Å². The van der Waals surface area contributed by atoms with Crippen LogP contribution >= 0.6 is 0 Å². The Morgan fingerprint density at radius 1 is 0.821 bits per heavy atom. The zero-order valence-corrected chi connectivity index (χ0v) is 23.6. The average Bonchev–Trinajstić information content (AvgIpc) is 2.98. The largest absolute Gasteiger partial charge is 0.496 e. The molecular formula is C29H38N2O8. The molecule has 1 aromatic heterocycles. The molecule has 10 nitrogen and oxygen atoms in total. The van der Waals surface area contributed by atoms with Gasteiger partial charge in [0.15, 0.2) is 17.3 Å². The lowest BCUT2D eigenvalue weighted by atomic mass is 10.1. The Morgan fingerprint density at radius 2 is 1.49 bits per heavy atom. The Kier molecular flexibility index (Phi) is 9.42. The molecule has 0 atom stereocenters. The van der Waals surface area contributed by atoms with Gasteiger partial charge in [-0.3, -0.25) is 4.79 Å². The van der Waals surface area contributed by atoms with Crippen LogP contribution in [0.5, 0.6) is 34.5 Å². The predicted octanol–water partition coefficient (Wildman–Crippen LogP) is 4.60. The number of ether oxygens (including phenoxy) is 6. The average molecular weight is 543 g/mol. The van der Waals surface area contributed by atoms with Gasteiger partial charge in [-0.2, -0.15) is 0 Å². The molecule has 1 fully saturated rings. The number of methoxy groups -OCH3 is 5. The first-order chi connectivity index (χ1) is 18.9. The quantitative estimate of drug-likeness (QED) is 0.302. The maximum Gasteiger partial charge on any atom is 0.239 e. The molecule has 39 heavy (non-hydrogen) atoms. The fourth-order valence-electron chi connectivity index (χ4n) is 4.88. The lowest BCUT2D eigenvalue weighted by molar-refractivity contribution is -0.0190. The van der Waals surface area contributed by atoms with Crippen molar-refractivity contribution in [3.05, 3.63) is 34.5 Å². The van der Waals surface area contributed by atoms with Crippen LogP contribution in [-0.4, -0.2) is 78.9 Å². The van der Waals surface area contributed by atoms with Crippen LogP contribution in [0.4, 0.5) is 0 Å². The second-order valence-corrected chi connectivity index (χ2v) is 9.30. The zero-order chi connectivity index (χ0) is 27.9. The topological polar surface area (TPSA) is 92.1 Å². The summed E-state index contributed by atoms with van der Waals surface area (Å²) in [5, 5.41) is 4.88. The van der Waals surface area contributed by atoms with Crippen LogP contribution in [-0.2, 0) is 0 Å². The number of hydrogen-bond acceptors (Lipinski definition) is 10. The highest BCUT2D eigenvalue weighted by Gasteiger charge is 2.24. The number of hydrogen-bond donors (Lipinski definition) is 0. The fourth-order valence-corrected chi connectivity index (χ4v) is 4.88. The molecule has 1 aliphatic rings. The van der Waals surface area contributed by atoms with Crippen molar-refractivity contribution >= 4 is 11.0 Å². The van der Waals surface area contributed by atoms with E-state index >= 15 is 0 Å². The normalized spacial score (nSPS) is 13.9. The number of piperidine rings is 1. The van der Waals surface area contributed by atoms with Crippen LogP contribution < -0.4 is 33.8 Å². The third-order valence-electron chi connectivity index (χ3n) is 6.96. The van der Waals surface area contributed by atoms with Gasteiger partial charge in [-0.05, 0) is 31.4 Å². The summed E-state index contributed by atoms with van der Waals surface area (Å²) in [6.45, 7) is 3.27. The predicted molar refractivity (Wildman–Crippen MR) is 149 cm³/mol. The van der Waals surface area contributed by atoms with Crippen molar-refractivity contribution in [1.29, 1.82) is 0 Å². The van der Waals surface area contributed by atoms with E-state index in [-0.39, 0.29) is 22.3 Å². The summed E-state index contributed by atoms with van der Waals surface area (Å²) in [5.41, 5.74) is 0.492. The van der Waals surface area contributed by atoms with Crippen LogP contribution in [0, 0.1) is 0 Å². The third kappa shape index (κ3) is 6.02. The van der Waals surface area contributed by atoms with Gasteiger partial charge in [0.1, 0.15) is 22.5 Å². The van der Waals surface area contributed by atoms with Gasteiger partial charge in [-0.15, -0.1) is 0 Å². The molecule has 2 aromatic carbocycles. The maximum absolute atomic E-state index is 13.9. The Balaban J connectivity index is 1.75. The van der Waals surface area contributed by atoms with E-state index in [4.69, 9.17) is 32.8 Å².